The third-order valence-corrected chi connectivity index (χ3v) is 4.96. The maximum atomic E-state index is 6.23. The topological polar surface area (TPSA) is 61.8 Å². The van der Waals surface area contributed by atoms with Gasteiger partial charge in [0.25, 0.3) is 0 Å². The number of nitrogens with two attached hydrogens (primary N) is 1. The Bertz CT molecular complexity index is 1160. The van der Waals surface area contributed by atoms with Gasteiger partial charge in [0.15, 0.2) is 11.4 Å². The average molecular weight is 414 g/mol. The minimum absolute atomic E-state index is 0.313. The molecule has 0 fully saturated rings. The molecule has 4 rings (SSSR count). The number of rotatable bonds is 5. The molecule has 4 aromatic rings. The molecule has 0 aliphatic carbocycles. The van der Waals surface area contributed by atoms with Gasteiger partial charge in [-0.3, -0.25) is 0 Å². The molecule has 7 heteroatoms. The van der Waals surface area contributed by atoms with Crippen molar-refractivity contribution in [2.75, 3.05) is 12.8 Å². The van der Waals surface area contributed by atoms with E-state index >= 15 is 0 Å². The van der Waals surface area contributed by atoms with Crippen LogP contribution in [0.3, 0.4) is 0 Å². The van der Waals surface area contributed by atoms with Crippen molar-refractivity contribution in [2.24, 2.45) is 0 Å². The van der Waals surface area contributed by atoms with Crippen LogP contribution in [0.5, 0.6) is 11.5 Å². The van der Waals surface area contributed by atoms with Crippen LogP contribution in [0.25, 0.3) is 16.9 Å². The lowest BCUT2D eigenvalue weighted by Gasteiger charge is -2.09. The first-order chi connectivity index (χ1) is 13.5. The second-order valence-corrected chi connectivity index (χ2v) is 7.05. The molecular weight excluding hydrogens is 397 g/mol. The maximum Gasteiger partial charge on any atom is 0.180 e. The summed E-state index contributed by atoms with van der Waals surface area (Å²) < 4.78 is 13.1. The number of imidazole rings is 1. The molecule has 0 unspecified atom stereocenters. The summed E-state index contributed by atoms with van der Waals surface area (Å²) in [5.74, 6) is 1.29. The van der Waals surface area contributed by atoms with Crippen molar-refractivity contribution in [1.29, 1.82) is 0 Å². The second kappa shape index (κ2) is 7.62. The van der Waals surface area contributed by atoms with Gasteiger partial charge in [0.2, 0.25) is 0 Å². The van der Waals surface area contributed by atoms with E-state index in [1.54, 1.807) is 19.2 Å². The summed E-state index contributed by atoms with van der Waals surface area (Å²) in [4.78, 5) is 4.72. The standard InChI is InChI=1S/C21H17Cl2N3O2/c1-27-19-7-5-13(9-17(19)24)18-11-26-8-2-3-20(21(26)25-18)28-12-14-4-6-15(22)10-16(14)23/h2-11H,12,24H2,1H3. The fraction of sp³-hybridized carbons (Fsp3) is 0.0952. The summed E-state index contributed by atoms with van der Waals surface area (Å²) in [6.07, 6.45) is 3.85. The molecule has 0 amide bonds. The van der Waals surface area contributed by atoms with E-state index in [0.717, 1.165) is 16.8 Å². The Morgan fingerprint density at radius 2 is 1.93 bits per heavy atom. The largest absolute Gasteiger partial charge is 0.495 e. The first kappa shape index (κ1) is 18.5. The lowest BCUT2D eigenvalue weighted by Crippen LogP contribution is -1.98. The SMILES string of the molecule is COc1ccc(-c2cn3cccc(OCc4ccc(Cl)cc4Cl)c3n2)cc1N. The van der Waals surface area contributed by atoms with Gasteiger partial charge in [0.1, 0.15) is 12.4 Å². The molecule has 0 atom stereocenters. The van der Waals surface area contributed by atoms with Crippen LogP contribution >= 0.6 is 23.2 Å². The Balaban J connectivity index is 1.64. The molecular formula is C21H17Cl2N3O2. The lowest BCUT2D eigenvalue weighted by molar-refractivity contribution is 0.308. The number of nitrogen functional groups attached to an aromatic ring is 1. The van der Waals surface area contributed by atoms with Gasteiger partial charge in [0.05, 0.1) is 18.5 Å². The van der Waals surface area contributed by atoms with Crippen LogP contribution in [0.2, 0.25) is 10.0 Å². The molecule has 0 aliphatic rings. The molecule has 2 aromatic carbocycles. The van der Waals surface area contributed by atoms with E-state index in [2.05, 4.69) is 0 Å². The first-order valence-electron chi connectivity index (χ1n) is 8.53. The number of nitrogens with zero attached hydrogens (tertiary/aromatic N) is 2. The van der Waals surface area contributed by atoms with Crippen LogP contribution < -0.4 is 15.2 Å². The van der Waals surface area contributed by atoms with Gasteiger partial charge in [-0.15, -0.1) is 0 Å². The Kier molecular flexibility index (Phi) is 5.03. The fourth-order valence-corrected chi connectivity index (χ4v) is 3.39. The molecule has 0 aliphatic heterocycles. The van der Waals surface area contributed by atoms with Crippen LogP contribution in [0.1, 0.15) is 5.56 Å². The van der Waals surface area contributed by atoms with E-state index < -0.39 is 0 Å². The summed E-state index contributed by atoms with van der Waals surface area (Å²) in [6.45, 7) is 0.313. The average Bonchev–Trinajstić information content (AvgIpc) is 3.12. The van der Waals surface area contributed by atoms with Crippen molar-refractivity contribution in [3.8, 4) is 22.8 Å². The van der Waals surface area contributed by atoms with Crippen molar-refractivity contribution >= 4 is 34.5 Å². The van der Waals surface area contributed by atoms with Crippen LogP contribution in [-0.2, 0) is 6.61 Å². The van der Waals surface area contributed by atoms with Crippen LogP contribution in [0.15, 0.2) is 60.9 Å². The molecule has 0 spiro atoms. The number of pyridine rings is 1. The number of fused-ring (bicyclic) bond motifs is 1. The van der Waals surface area contributed by atoms with Crippen LogP contribution in [0, 0.1) is 0 Å². The van der Waals surface area contributed by atoms with Gasteiger partial charge in [0, 0.05) is 33.6 Å². The van der Waals surface area contributed by atoms with Gasteiger partial charge in [-0.25, -0.2) is 4.98 Å². The highest BCUT2D eigenvalue weighted by molar-refractivity contribution is 6.35. The molecule has 2 N–H and O–H groups in total. The molecule has 28 heavy (non-hydrogen) atoms. The number of ether oxygens (including phenoxy) is 2. The fourth-order valence-electron chi connectivity index (χ4n) is 2.93. The van der Waals surface area contributed by atoms with E-state index in [4.69, 9.17) is 43.4 Å². The summed E-state index contributed by atoms with van der Waals surface area (Å²) >= 11 is 12.2. The molecule has 5 nitrogen and oxygen atoms in total. The van der Waals surface area contributed by atoms with Crippen molar-refractivity contribution in [3.63, 3.8) is 0 Å². The normalized spacial score (nSPS) is 11.0. The highest BCUT2D eigenvalue weighted by atomic mass is 35.5. The van der Waals surface area contributed by atoms with Crippen LogP contribution in [-0.4, -0.2) is 16.5 Å². The van der Waals surface area contributed by atoms with Gasteiger partial charge < -0.3 is 19.6 Å². The van der Waals surface area contributed by atoms with Gasteiger partial charge in [-0.1, -0.05) is 29.3 Å². The summed E-state index contributed by atoms with van der Waals surface area (Å²) in [7, 11) is 1.59. The molecule has 142 valence electrons. The highest BCUT2D eigenvalue weighted by Gasteiger charge is 2.11. The molecule has 0 saturated carbocycles. The first-order valence-corrected chi connectivity index (χ1v) is 9.29. The molecule has 0 radical (unpaired) electrons. The summed E-state index contributed by atoms with van der Waals surface area (Å²) in [5, 5.41) is 1.16. The Morgan fingerprint density at radius 3 is 2.68 bits per heavy atom. The second-order valence-electron chi connectivity index (χ2n) is 6.21. The predicted molar refractivity (Wildman–Crippen MR) is 112 cm³/mol. The van der Waals surface area contributed by atoms with E-state index in [0.29, 0.717) is 39.5 Å². The molecule has 0 saturated heterocycles. The van der Waals surface area contributed by atoms with Crippen molar-refractivity contribution in [2.45, 2.75) is 6.61 Å². The third kappa shape index (κ3) is 3.59. The zero-order valence-corrected chi connectivity index (χ0v) is 16.5. The van der Waals surface area contributed by atoms with Crippen molar-refractivity contribution in [1.82, 2.24) is 9.38 Å². The maximum absolute atomic E-state index is 6.23. The predicted octanol–water partition coefficient (Wildman–Crippen LogP) is 5.48. The minimum atomic E-state index is 0.313. The number of benzene rings is 2. The van der Waals surface area contributed by atoms with Gasteiger partial charge in [-0.2, -0.15) is 0 Å². The molecule has 2 aromatic heterocycles. The molecule has 2 heterocycles. The Labute approximate surface area is 172 Å². The van der Waals surface area contributed by atoms with E-state index in [1.165, 1.54) is 0 Å². The minimum Gasteiger partial charge on any atom is -0.495 e. The number of aromatic nitrogens is 2. The zero-order valence-electron chi connectivity index (χ0n) is 15.0. The number of hydrogen-bond acceptors (Lipinski definition) is 4. The smallest absolute Gasteiger partial charge is 0.180 e. The number of methoxy groups -OCH3 is 1. The van der Waals surface area contributed by atoms with E-state index in [9.17, 15) is 0 Å². The van der Waals surface area contributed by atoms with Gasteiger partial charge >= 0.3 is 0 Å². The van der Waals surface area contributed by atoms with Gasteiger partial charge in [-0.05, 0) is 42.5 Å². The number of halogens is 2. The third-order valence-electron chi connectivity index (χ3n) is 4.37. The monoisotopic (exact) mass is 413 g/mol. The quantitative estimate of drug-likeness (QED) is 0.440. The Hall–Kier alpha value is -2.89. The molecule has 0 bridgehead atoms. The zero-order chi connectivity index (χ0) is 19.7. The van der Waals surface area contributed by atoms with Crippen molar-refractivity contribution in [3.05, 3.63) is 76.5 Å². The Morgan fingerprint density at radius 1 is 1.07 bits per heavy atom. The number of anilines is 1. The van der Waals surface area contributed by atoms with E-state index in [1.807, 2.05) is 53.2 Å². The van der Waals surface area contributed by atoms with E-state index in [-0.39, 0.29) is 0 Å². The van der Waals surface area contributed by atoms with Crippen molar-refractivity contribution < 1.29 is 9.47 Å². The summed E-state index contributed by atoms with van der Waals surface area (Å²) in [6, 6.07) is 14.7. The highest BCUT2D eigenvalue weighted by Crippen LogP contribution is 2.30. The van der Waals surface area contributed by atoms with Crippen LogP contribution in [0.4, 0.5) is 5.69 Å². The lowest BCUT2D eigenvalue weighted by atomic mass is 10.1. The summed E-state index contributed by atoms with van der Waals surface area (Å²) in [5.41, 5.74) is 9.82. The number of hydrogen-bond donors (Lipinski definition) is 1.